The molecule has 1 aliphatic rings. The molecule has 5 nitrogen and oxygen atoms in total. The van der Waals surface area contributed by atoms with E-state index in [0.29, 0.717) is 13.0 Å². The first-order chi connectivity index (χ1) is 8.77. The number of nitrogens with two attached hydrogens (primary N) is 1. The summed E-state index contributed by atoms with van der Waals surface area (Å²) in [6.45, 7) is 3.33. The first-order valence-corrected chi connectivity index (χ1v) is 7.10. The van der Waals surface area contributed by atoms with Crippen LogP contribution < -0.4 is 11.1 Å². The molecule has 1 fully saturated rings. The Morgan fingerprint density at radius 1 is 1.28 bits per heavy atom. The number of likely N-dealkylation sites (tertiary alicyclic amines) is 1. The number of amides is 1. The van der Waals surface area contributed by atoms with Gasteiger partial charge in [0.05, 0.1) is 0 Å². The Morgan fingerprint density at radius 3 is 2.61 bits per heavy atom. The minimum atomic E-state index is 0.0677. The summed E-state index contributed by atoms with van der Waals surface area (Å²) in [6, 6.07) is 0.0677. The first kappa shape index (κ1) is 15.4. The predicted octanol–water partition coefficient (Wildman–Crippen LogP) is 0.0784. The molecule has 0 aliphatic carbocycles. The third kappa shape index (κ3) is 5.80. The van der Waals surface area contributed by atoms with Crippen LogP contribution in [0.4, 0.5) is 0 Å². The lowest BCUT2D eigenvalue weighted by Crippen LogP contribution is -2.43. The molecular formula is C13H27N3O2. The number of hydrogen-bond acceptors (Lipinski definition) is 4. The molecule has 1 heterocycles. The first-order valence-electron chi connectivity index (χ1n) is 7.10. The second-order valence-corrected chi connectivity index (χ2v) is 4.96. The van der Waals surface area contributed by atoms with Gasteiger partial charge in [0, 0.05) is 38.7 Å². The van der Waals surface area contributed by atoms with Crippen molar-refractivity contribution in [2.75, 3.05) is 32.8 Å². The van der Waals surface area contributed by atoms with E-state index in [1.54, 1.807) is 0 Å². The van der Waals surface area contributed by atoms with Gasteiger partial charge in [-0.05, 0) is 38.6 Å². The molecule has 0 aromatic carbocycles. The third-order valence-corrected chi connectivity index (χ3v) is 3.43. The zero-order valence-corrected chi connectivity index (χ0v) is 11.2. The summed E-state index contributed by atoms with van der Waals surface area (Å²) in [5, 5.41) is 12.0. The van der Waals surface area contributed by atoms with Gasteiger partial charge in [0.1, 0.15) is 0 Å². The molecule has 1 atom stereocenters. The molecule has 1 saturated heterocycles. The van der Waals surface area contributed by atoms with Crippen molar-refractivity contribution in [3.05, 3.63) is 0 Å². The second-order valence-electron chi connectivity index (χ2n) is 4.96. The van der Waals surface area contributed by atoms with E-state index in [-0.39, 0.29) is 18.6 Å². The number of carbonyl (C=O) groups is 1. The van der Waals surface area contributed by atoms with Crippen LogP contribution in [0.3, 0.4) is 0 Å². The Bertz CT molecular complexity index is 230. The molecule has 1 unspecified atom stereocenters. The van der Waals surface area contributed by atoms with Crippen LogP contribution in [0, 0.1) is 0 Å². The van der Waals surface area contributed by atoms with Gasteiger partial charge in [-0.1, -0.05) is 0 Å². The normalized spacial score (nSPS) is 17.8. The number of nitrogens with zero attached hydrogens (tertiary/aromatic N) is 1. The Kier molecular flexibility index (Phi) is 7.96. The number of carbonyl (C=O) groups excluding carboxylic acids is 1. The Hall–Kier alpha value is -0.650. The van der Waals surface area contributed by atoms with Crippen molar-refractivity contribution in [2.45, 2.75) is 44.6 Å². The molecule has 106 valence electrons. The van der Waals surface area contributed by atoms with Crippen molar-refractivity contribution in [3.8, 4) is 0 Å². The van der Waals surface area contributed by atoms with Crippen molar-refractivity contribution in [1.29, 1.82) is 0 Å². The lowest BCUT2D eigenvalue weighted by Gasteiger charge is -2.28. The minimum Gasteiger partial charge on any atom is -0.396 e. The van der Waals surface area contributed by atoms with Crippen LogP contribution in [0.2, 0.25) is 0 Å². The Balaban J connectivity index is 2.21. The van der Waals surface area contributed by atoms with Crippen LogP contribution in [-0.2, 0) is 4.79 Å². The molecule has 0 aromatic heterocycles. The smallest absolute Gasteiger partial charge is 0.224 e. The maximum absolute atomic E-state index is 12.0. The molecule has 1 amide bonds. The maximum atomic E-state index is 12.0. The molecule has 0 spiro atoms. The van der Waals surface area contributed by atoms with Gasteiger partial charge >= 0.3 is 0 Å². The number of unbranched alkanes of at least 4 members (excludes halogenated alkanes) is 1. The van der Waals surface area contributed by atoms with E-state index in [1.807, 2.05) is 4.90 Å². The molecule has 1 aliphatic heterocycles. The number of nitrogens with one attached hydrogen (secondary N) is 1. The third-order valence-electron chi connectivity index (χ3n) is 3.43. The number of aliphatic hydroxyl groups is 1. The highest BCUT2D eigenvalue weighted by atomic mass is 16.2. The average Bonchev–Trinajstić information content (AvgIpc) is 2.43. The molecule has 0 saturated carbocycles. The van der Waals surface area contributed by atoms with E-state index in [1.165, 1.54) is 6.42 Å². The molecule has 4 N–H and O–H groups in total. The number of hydrogen-bond donors (Lipinski definition) is 3. The van der Waals surface area contributed by atoms with Crippen LogP contribution in [0.5, 0.6) is 0 Å². The molecule has 5 heteroatoms. The Labute approximate surface area is 110 Å². The van der Waals surface area contributed by atoms with Crippen LogP contribution in [0.1, 0.15) is 38.5 Å². The van der Waals surface area contributed by atoms with Gasteiger partial charge in [-0.2, -0.15) is 0 Å². The SMILES string of the molecule is NCC(CC(=O)N1CCCCC1)NCCCCO. The lowest BCUT2D eigenvalue weighted by atomic mass is 10.1. The monoisotopic (exact) mass is 257 g/mol. The summed E-state index contributed by atoms with van der Waals surface area (Å²) in [6.07, 6.45) is 5.71. The van der Waals surface area contributed by atoms with Crippen LogP contribution >= 0.6 is 0 Å². The van der Waals surface area contributed by atoms with E-state index in [9.17, 15) is 4.79 Å². The largest absolute Gasteiger partial charge is 0.396 e. The van der Waals surface area contributed by atoms with Gasteiger partial charge < -0.3 is 21.1 Å². The summed E-state index contributed by atoms with van der Waals surface area (Å²) in [4.78, 5) is 14.0. The molecule has 0 radical (unpaired) electrons. The van der Waals surface area contributed by atoms with Crippen molar-refractivity contribution < 1.29 is 9.90 Å². The van der Waals surface area contributed by atoms with Crippen molar-refractivity contribution in [1.82, 2.24) is 10.2 Å². The number of rotatable bonds is 8. The van der Waals surface area contributed by atoms with E-state index < -0.39 is 0 Å². The zero-order valence-electron chi connectivity index (χ0n) is 11.2. The number of aliphatic hydroxyl groups excluding tert-OH is 1. The zero-order chi connectivity index (χ0) is 13.2. The standard InChI is InChI=1S/C13H27N3O2/c14-11-12(15-6-2-5-9-17)10-13(18)16-7-3-1-4-8-16/h12,15,17H,1-11,14H2. The van der Waals surface area contributed by atoms with Crippen LogP contribution in [0.25, 0.3) is 0 Å². The van der Waals surface area contributed by atoms with Gasteiger partial charge in [0.15, 0.2) is 0 Å². The topological polar surface area (TPSA) is 78.6 Å². The van der Waals surface area contributed by atoms with Crippen molar-refractivity contribution in [2.24, 2.45) is 5.73 Å². The predicted molar refractivity (Wildman–Crippen MR) is 72.2 cm³/mol. The molecule has 0 aromatic rings. The molecule has 1 rings (SSSR count). The van der Waals surface area contributed by atoms with Crippen LogP contribution in [-0.4, -0.2) is 54.7 Å². The van der Waals surface area contributed by atoms with Crippen LogP contribution in [0.15, 0.2) is 0 Å². The maximum Gasteiger partial charge on any atom is 0.224 e. The summed E-state index contributed by atoms with van der Waals surface area (Å²) in [7, 11) is 0. The summed E-state index contributed by atoms with van der Waals surface area (Å²) >= 11 is 0. The van der Waals surface area contributed by atoms with Gasteiger partial charge in [-0.3, -0.25) is 4.79 Å². The quantitative estimate of drug-likeness (QED) is 0.538. The highest BCUT2D eigenvalue weighted by Crippen LogP contribution is 2.10. The average molecular weight is 257 g/mol. The van der Waals surface area contributed by atoms with Gasteiger partial charge in [-0.25, -0.2) is 0 Å². The molecular weight excluding hydrogens is 230 g/mol. The minimum absolute atomic E-state index is 0.0677. The number of piperidine rings is 1. The van der Waals surface area contributed by atoms with Gasteiger partial charge in [-0.15, -0.1) is 0 Å². The molecule has 18 heavy (non-hydrogen) atoms. The van der Waals surface area contributed by atoms with Gasteiger partial charge in [0.2, 0.25) is 5.91 Å². The second kappa shape index (κ2) is 9.30. The highest BCUT2D eigenvalue weighted by molar-refractivity contribution is 5.76. The fraction of sp³-hybridized carbons (Fsp3) is 0.923. The summed E-state index contributed by atoms with van der Waals surface area (Å²) in [5.74, 6) is 0.222. The highest BCUT2D eigenvalue weighted by Gasteiger charge is 2.19. The fourth-order valence-electron chi connectivity index (χ4n) is 2.27. The summed E-state index contributed by atoms with van der Waals surface area (Å²) < 4.78 is 0. The van der Waals surface area contributed by atoms with E-state index in [0.717, 1.165) is 45.3 Å². The van der Waals surface area contributed by atoms with Crippen molar-refractivity contribution >= 4 is 5.91 Å². The summed E-state index contributed by atoms with van der Waals surface area (Å²) in [5.41, 5.74) is 5.68. The van der Waals surface area contributed by atoms with E-state index >= 15 is 0 Å². The van der Waals surface area contributed by atoms with Crippen molar-refractivity contribution in [3.63, 3.8) is 0 Å². The van der Waals surface area contributed by atoms with E-state index in [4.69, 9.17) is 10.8 Å². The fourth-order valence-corrected chi connectivity index (χ4v) is 2.27. The Morgan fingerprint density at radius 2 is 2.00 bits per heavy atom. The lowest BCUT2D eigenvalue weighted by molar-refractivity contribution is -0.132. The van der Waals surface area contributed by atoms with E-state index in [2.05, 4.69) is 5.32 Å². The van der Waals surface area contributed by atoms with Gasteiger partial charge in [0.25, 0.3) is 0 Å². The molecule has 0 bridgehead atoms.